The predicted octanol–water partition coefficient (Wildman–Crippen LogP) is 2.47. The minimum absolute atomic E-state index is 0. The Bertz CT molecular complexity index is 1320. The Labute approximate surface area is 232 Å². The van der Waals surface area contributed by atoms with Crippen molar-refractivity contribution in [3.63, 3.8) is 0 Å². The van der Waals surface area contributed by atoms with Crippen LogP contribution in [0.5, 0.6) is 0 Å². The van der Waals surface area contributed by atoms with Crippen LogP contribution in [-0.2, 0) is 28.6 Å². The van der Waals surface area contributed by atoms with Crippen molar-refractivity contribution >= 4 is 18.2 Å². The molecule has 1 amide bonds. The summed E-state index contributed by atoms with van der Waals surface area (Å²) in [7, 11) is 1.77. The molecule has 8 heteroatoms. The van der Waals surface area contributed by atoms with Crippen molar-refractivity contribution in [2.45, 2.75) is 24.9 Å². The van der Waals surface area contributed by atoms with E-state index in [9.17, 15) is 9.59 Å². The molecule has 2 N–H and O–H groups in total. The van der Waals surface area contributed by atoms with Gasteiger partial charge >= 0.3 is 35.7 Å². The second-order valence-corrected chi connectivity index (χ2v) is 8.56. The number of amides is 1. The Hall–Kier alpha value is -3.23. The van der Waals surface area contributed by atoms with Gasteiger partial charge in [-0.05, 0) is 22.3 Å². The van der Waals surface area contributed by atoms with Gasteiger partial charge in [0.15, 0.2) is 0 Å². The fraction of sp³-hybridized carbons (Fsp3) is 0.179. The Kier molecular flexibility index (Phi) is 8.87. The molecule has 1 heterocycles. The molecule has 4 aromatic rings. The predicted molar refractivity (Wildman–Crippen MR) is 133 cm³/mol. The van der Waals surface area contributed by atoms with Gasteiger partial charge in [0.1, 0.15) is 12.4 Å². The van der Waals surface area contributed by atoms with Gasteiger partial charge in [0.25, 0.3) is 0 Å². The van der Waals surface area contributed by atoms with Gasteiger partial charge in [0, 0.05) is 12.6 Å². The zero-order valence-electron chi connectivity index (χ0n) is 20.3. The molecular formula is C28H25N3NaO4-. The Morgan fingerprint density at radius 1 is 0.972 bits per heavy atom. The van der Waals surface area contributed by atoms with Crippen LogP contribution in [0.1, 0.15) is 24.0 Å². The van der Waals surface area contributed by atoms with E-state index in [4.69, 9.17) is 4.74 Å². The zero-order chi connectivity index (χ0) is 23.5. The van der Waals surface area contributed by atoms with E-state index in [1.165, 1.54) is 0 Å². The SMILES string of the molecule is Cn1ncc(-c2ccc(-c3ccc(C4([C-]=O)CC4)cc3)cc2)c1NC(=O)OCc1ccccc1.[Na+].[OH-]. The summed E-state index contributed by atoms with van der Waals surface area (Å²) in [5.74, 6) is 0.565. The van der Waals surface area contributed by atoms with Gasteiger partial charge in [-0.15, -0.1) is 5.41 Å². The molecule has 36 heavy (non-hydrogen) atoms. The van der Waals surface area contributed by atoms with Crippen molar-refractivity contribution < 1.29 is 49.4 Å². The first kappa shape index (κ1) is 27.4. The smallest absolute Gasteiger partial charge is 0.870 e. The molecule has 0 bridgehead atoms. The Morgan fingerprint density at radius 3 is 2.14 bits per heavy atom. The third-order valence-electron chi connectivity index (χ3n) is 6.28. The van der Waals surface area contributed by atoms with E-state index in [0.29, 0.717) is 5.82 Å². The van der Waals surface area contributed by atoms with E-state index in [2.05, 4.69) is 16.7 Å². The standard InChI is InChI=1S/C28H24N3O3.Na.H2O/c1-31-26(30-27(33)34-18-20-5-3-2-4-6-20)25(17-29-31)23-9-7-21(8-10-23)22-11-13-24(14-12-22)28(19-32)15-16-28;;/h2-14,17H,15-16,18H2,1H3,(H,30,33);;1H2/q-1;+1;/p-1. The number of rotatable bonds is 7. The molecule has 7 nitrogen and oxygen atoms in total. The molecule has 0 aliphatic heterocycles. The van der Waals surface area contributed by atoms with Crippen LogP contribution >= 0.6 is 0 Å². The largest absolute Gasteiger partial charge is 1.00 e. The monoisotopic (exact) mass is 490 g/mol. The summed E-state index contributed by atoms with van der Waals surface area (Å²) in [5.41, 5.74) is 5.45. The number of nitrogens with one attached hydrogen (secondary N) is 1. The molecule has 0 radical (unpaired) electrons. The molecule has 1 saturated carbocycles. The van der Waals surface area contributed by atoms with Crippen molar-refractivity contribution in [2.24, 2.45) is 7.05 Å². The fourth-order valence-corrected chi connectivity index (χ4v) is 4.05. The second-order valence-electron chi connectivity index (χ2n) is 8.56. The molecule has 5 rings (SSSR count). The Morgan fingerprint density at radius 2 is 1.56 bits per heavy atom. The van der Waals surface area contributed by atoms with Crippen molar-refractivity contribution in [3.05, 3.63) is 96.2 Å². The summed E-state index contributed by atoms with van der Waals surface area (Å²) < 4.78 is 6.97. The van der Waals surface area contributed by atoms with Crippen LogP contribution in [0.4, 0.5) is 10.6 Å². The van der Waals surface area contributed by atoms with Gasteiger partial charge in [-0.1, -0.05) is 97.3 Å². The summed E-state index contributed by atoms with van der Waals surface area (Å²) >= 11 is 0. The average molecular weight is 491 g/mol. The number of ether oxygens (including phenoxy) is 1. The number of hydrogen-bond acceptors (Lipinski definition) is 5. The molecule has 1 aliphatic rings. The van der Waals surface area contributed by atoms with Crippen LogP contribution < -0.4 is 34.9 Å². The molecule has 1 aliphatic carbocycles. The molecule has 0 unspecified atom stereocenters. The molecule has 0 atom stereocenters. The molecule has 1 aromatic heterocycles. The second kappa shape index (κ2) is 11.7. The van der Waals surface area contributed by atoms with Gasteiger partial charge < -0.3 is 15.0 Å². The number of benzene rings is 3. The topological polar surface area (TPSA) is 103 Å². The Balaban J connectivity index is 0.00000180. The number of nitrogens with zero attached hydrogens (tertiary/aromatic N) is 2. The first-order chi connectivity index (χ1) is 16.6. The first-order valence-electron chi connectivity index (χ1n) is 11.2. The molecule has 178 valence electrons. The maximum absolute atomic E-state index is 12.4. The van der Waals surface area contributed by atoms with Gasteiger partial charge in [0.2, 0.25) is 0 Å². The third-order valence-corrected chi connectivity index (χ3v) is 6.28. The van der Waals surface area contributed by atoms with Crippen LogP contribution in [0.2, 0.25) is 0 Å². The van der Waals surface area contributed by atoms with Gasteiger partial charge in [-0.25, -0.2) is 4.79 Å². The van der Waals surface area contributed by atoms with Crippen molar-refractivity contribution in [1.82, 2.24) is 9.78 Å². The van der Waals surface area contributed by atoms with E-state index in [0.717, 1.165) is 46.2 Å². The maximum atomic E-state index is 12.4. The maximum Gasteiger partial charge on any atom is 1.00 e. The minimum Gasteiger partial charge on any atom is -0.870 e. The van der Waals surface area contributed by atoms with E-state index in [1.807, 2.05) is 78.9 Å². The van der Waals surface area contributed by atoms with E-state index >= 15 is 0 Å². The van der Waals surface area contributed by atoms with Gasteiger partial charge in [-0.3, -0.25) is 16.3 Å². The zero-order valence-corrected chi connectivity index (χ0v) is 22.3. The molecular weight excluding hydrogens is 465 g/mol. The number of anilines is 1. The average Bonchev–Trinajstić information content (AvgIpc) is 3.61. The van der Waals surface area contributed by atoms with Crippen molar-refractivity contribution in [1.29, 1.82) is 0 Å². The number of aromatic nitrogens is 2. The van der Waals surface area contributed by atoms with Crippen molar-refractivity contribution in [2.75, 3.05) is 5.32 Å². The van der Waals surface area contributed by atoms with Gasteiger partial charge in [-0.2, -0.15) is 5.10 Å². The van der Waals surface area contributed by atoms with Crippen LogP contribution in [0.15, 0.2) is 85.1 Å². The molecule has 3 aromatic carbocycles. The molecule has 0 spiro atoms. The number of carbonyl (C=O) groups is 1. The first-order valence-corrected chi connectivity index (χ1v) is 11.2. The molecule has 0 saturated heterocycles. The third kappa shape index (κ3) is 5.77. The summed E-state index contributed by atoms with van der Waals surface area (Å²) in [5, 5.41) is 7.12. The van der Waals surface area contributed by atoms with E-state index in [-0.39, 0.29) is 47.1 Å². The summed E-state index contributed by atoms with van der Waals surface area (Å²) in [6, 6.07) is 25.7. The molecule has 1 fully saturated rings. The summed E-state index contributed by atoms with van der Waals surface area (Å²) in [6.07, 6.45) is 5.14. The van der Waals surface area contributed by atoms with Crippen LogP contribution in [0.25, 0.3) is 22.3 Å². The summed E-state index contributed by atoms with van der Waals surface area (Å²) in [4.78, 5) is 23.6. The van der Waals surface area contributed by atoms with E-state index < -0.39 is 6.09 Å². The van der Waals surface area contributed by atoms with Crippen LogP contribution in [0, 0.1) is 0 Å². The number of hydrogen-bond donors (Lipinski definition) is 1. The fourth-order valence-electron chi connectivity index (χ4n) is 4.05. The van der Waals surface area contributed by atoms with E-state index in [1.54, 1.807) is 17.9 Å². The van der Waals surface area contributed by atoms with Crippen LogP contribution in [-0.4, -0.2) is 27.6 Å². The van der Waals surface area contributed by atoms with Crippen molar-refractivity contribution in [3.8, 4) is 22.3 Å². The normalized spacial score (nSPS) is 13.0. The summed E-state index contributed by atoms with van der Waals surface area (Å²) in [6.45, 7) is 0.194. The minimum atomic E-state index is -0.536. The van der Waals surface area contributed by atoms with Gasteiger partial charge in [0.05, 0.1) is 6.20 Å². The number of aryl methyl sites for hydroxylation is 1. The quantitative estimate of drug-likeness (QED) is 0.317. The number of carbonyl (C=O) groups excluding carboxylic acids is 2. The van der Waals surface area contributed by atoms with Crippen LogP contribution in [0.3, 0.4) is 0 Å².